The molecule has 1 atom stereocenters. The first-order valence-electron chi connectivity index (χ1n) is 8.41. The van der Waals surface area contributed by atoms with Gasteiger partial charge in [-0.3, -0.25) is 4.79 Å². The lowest BCUT2D eigenvalue weighted by Gasteiger charge is -2.13. The molecule has 3 rings (SSSR count). The number of benzene rings is 2. The van der Waals surface area contributed by atoms with Crippen molar-refractivity contribution in [3.63, 3.8) is 0 Å². The number of amides is 1. The van der Waals surface area contributed by atoms with Gasteiger partial charge in [-0.25, -0.2) is 18.7 Å². The van der Waals surface area contributed by atoms with E-state index in [-0.39, 0.29) is 5.69 Å². The monoisotopic (exact) mass is 388 g/mol. The van der Waals surface area contributed by atoms with Crippen molar-refractivity contribution in [1.29, 1.82) is 0 Å². The van der Waals surface area contributed by atoms with Crippen molar-refractivity contribution < 1.29 is 13.6 Å². The highest BCUT2D eigenvalue weighted by molar-refractivity contribution is 8.00. The molecular formula is C19H18F2N4OS. The molecule has 5 nitrogen and oxygen atoms in total. The molecule has 0 radical (unpaired) electrons. The Kier molecular flexibility index (Phi) is 5.85. The quantitative estimate of drug-likeness (QED) is 0.482. The molecule has 0 spiro atoms. The van der Waals surface area contributed by atoms with Crippen LogP contribution in [0.15, 0.2) is 47.6 Å². The number of hydrogen-bond acceptors (Lipinski definition) is 5. The molecule has 0 aliphatic rings. The number of nitrogens with one attached hydrogen (secondary N) is 2. The van der Waals surface area contributed by atoms with Crippen LogP contribution in [0.25, 0.3) is 10.9 Å². The second kappa shape index (κ2) is 8.30. The van der Waals surface area contributed by atoms with Crippen LogP contribution in [0.3, 0.4) is 0 Å². The molecule has 0 bridgehead atoms. The van der Waals surface area contributed by atoms with E-state index >= 15 is 0 Å². The van der Waals surface area contributed by atoms with E-state index in [0.717, 1.165) is 34.8 Å². The molecule has 0 aliphatic carbocycles. The third-order valence-corrected chi connectivity index (χ3v) is 4.73. The van der Waals surface area contributed by atoms with Gasteiger partial charge in [0.2, 0.25) is 5.91 Å². The maximum Gasteiger partial charge on any atom is 0.237 e. The van der Waals surface area contributed by atoms with Crippen LogP contribution in [0.1, 0.15) is 13.8 Å². The Labute approximate surface area is 159 Å². The molecule has 2 aromatic carbocycles. The molecule has 1 aromatic heterocycles. The first-order chi connectivity index (χ1) is 13.0. The average Bonchev–Trinajstić information content (AvgIpc) is 2.64. The Bertz CT molecular complexity index is 983. The largest absolute Gasteiger partial charge is 0.370 e. The predicted molar refractivity (Wildman–Crippen MR) is 104 cm³/mol. The second-order valence-corrected chi connectivity index (χ2v) is 7.08. The summed E-state index contributed by atoms with van der Waals surface area (Å²) in [4.78, 5) is 21.3. The molecule has 3 aromatic rings. The highest BCUT2D eigenvalue weighted by Gasteiger charge is 2.19. The van der Waals surface area contributed by atoms with Gasteiger partial charge in [-0.05, 0) is 38.1 Å². The molecule has 0 saturated carbocycles. The Morgan fingerprint density at radius 1 is 1.19 bits per heavy atom. The number of fused-ring (bicyclic) bond motifs is 1. The second-order valence-electron chi connectivity index (χ2n) is 5.78. The average molecular weight is 388 g/mol. The number of para-hydroxylation sites is 1. The zero-order valence-corrected chi connectivity index (χ0v) is 15.6. The zero-order chi connectivity index (χ0) is 19.4. The van der Waals surface area contributed by atoms with E-state index in [0.29, 0.717) is 17.5 Å². The Hall–Kier alpha value is -2.74. The van der Waals surface area contributed by atoms with Crippen molar-refractivity contribution in [3.05, 3.63) is 54.1 Å². The normalized spacial score (nSPS) is 12.0. The Morgan fingerprint density at radius 3 is 2.70 bits per heavy atom. The van der Waals surface area contributed by atoms with E-state index < -0.39 is 22.8 Å². The van der Waals surface area contributed by atoms with E-state index in [1.807, 2.05) is 31.2 Å². The SMILES string of the molecule is CCNc1nc(SC(C)C(=O)Nc2ccc(F)cc2F)nc2ccccc12. The van der Waals surface area contributed by atoms with Gasteiger partial charge < -0.3 is 10.6 Å². The van der Waals surface area contributed by atoms with E-state index in [4.69, 9.17) is 0 Å². The molecule has 1 unspecified atom stereocenters. The van der Waals surface area contributed by atoms with Crippen molar-refractivity contribution in [3.8, 4) is 0 Å². The van der Waals surface area contributed by atoms with Gasteiger partial charge >= 0.3 is 0 Å². The molecular weight excluding hydrogens is 370 g/mol. The Balaban J connectivity index is 1.78. The lowest BCUT2D eigenvalue weighted by molar-refractivity contribution is -0.115. The topological polar surface area (TPSA) is 66.9 Å². The lowest BCUT2D eigenvalue weighted by atomic mass is 10.2. The number of halogens is 2. The summed E-state index contributed by atoms with van der Waals surface area (Å²) in [6, 6.07) is 10.6. The number of rotatable bonds is 6. The number of anilines is 2. The van der Waals surface area contributed by atoms with Gasteiger partial charge in [0.15, 0.2) is 5.16 Å². The number of thioether (sulfide) groups is 1. The zero-order valence-electron chi connectivity index (χ0n) is 14.8. The number of carbonyl (C=O) groups excluding carboxylic acids is 1. The van der Waals surface area contributed by atoms with Crippen LogP contribution in [0.5, 0.6) is 0 Å². The molecule has 0 saturated heterocycles. The van der Waals surface area contributed by atoms with Crippen LogP contribution in [0.4, 0.5) is 20.3 Å². The highest BCUT2D eigenvalue weighted by Crippen LogP contribution is 2.27. The standard InChI is InChI=1S/C19H18F2N4OS/c1-3-22-17-13-6-4-5-7-15(13)24-19(25-17)27-11(2)18(26)23-16-9-8-12(20)10-14(16)21/h4-11H,3H2,1-2H3,(H,23,26)(H,22,24,25). The summed E-state index contributed by atoms with van der Waals surface area (Å²) < 4.78 is 26.7. The minimum absolute atomic E-state index is 0.0679. The van der Waals surface area contributed by atoms with Crippen molar-refractivity contribution in [2.75, 3.05) is 17.2 Å². The summed E-state index contributed by atoms with van der Waals surface area (Å²) in [5.41, 5.74) is 0.699. The maximum atomic E-state index is 13.7. The highest BCUT2D eigenvalue weighted by atomic mass is 32.2. The molecule has 140 valence electrons. The number of nitrogens with zero attached hydrogens (tertiary/aromatic N) is 2. The van der Waals surface area contributed by atoms with Gasteiger partial charge in [-0.1, -0.05) is 23.9 Å². The first kappa shape index (κ1) is 19.0. The van der Waals surface area contributed by atoms with Crippen LogP contribution >= 0.6 is 11.8 Å². The van der Waals surface area contributed by atoms with Gasteiger partial charge in [0.05, 0.1) is 16.5 Å². The molecule has 8 heteroatoms. The van der Waals surface area contributed by atoms with Crippen LogP contribution in [0.2, 0.25) is 0 Å². The fourth-order valence-electron chi connectivity index (χ4n) is 2.45. The molecule has 2 N–H and O–H groups in total. The van der Waals surface area contributed by atoms with Crippen molar-refractivity contribution in [2.45, 2.75) is 24.3 Å². The summed E-state index contributed by atoms with van der Waals surface area (Å²) in [6.07, 6.45) is 0. The van der Waals surface area contributed by atoms with Crippen LogP contribution < -0.4 is 10.6 Å². The van der Waals surface area contributed by atoms with Gasteiger partial charge in [-0.15, -0.1) is 0 Å². The van der Waals surface area contributed by atoms with Gasteiger partial charge in [0.1, 0.15) is 17.5 Å². The summed E-state index contributed by atoms with van der Waals surface area (Å²) in [7, 11) is 0. The van der Waals surface area contributed by atoms with Crippen molar-refractivity contribution in [2.24, 2.45) is 0 Å². The smallest absolute Gasteiger partial charge is 0.237 e. The summed E-state index contributed by atoms with van der Waals surface area (Å²) in [5, 5.41) is 6.41. The van der Waals surface area contributed by atoms with Gasteiger partial charge in [0.25, 0.3) is 0 Å². The van der Waals surface area contributed by atoms with Crippen molar-refractivity contribution in [1.82, 2.24) is 9.97 Å². The van der Waals surface area contributed by atoms with E-state index in [2.05, 4.69) is 20.6 Å². The maximum absolute atomic E-state index is 13.7. The first-order valence-corrected chi connectivity index (χ1v) is 9.29. The minimum Gasteiger partial charge on any atom is -0.370 e. The summed E-state index contributed by atoms with van der Waals surface area (Å²) in [5.74, 6) is -1.25. The number of carbonyl (C=O) groups is 1. The minimum atomic E-state index is -0.822. The van der Waals surface area contributed by atoms with Crippen molar-refractivity contribution >= 4 is 40.1 Å². The predicted octanol–water partition coefficient (Wildman–Crippen LogP) is 4.46. The van der Waals surface area contributed by atoms with Gasteiger partial charge in [0, 0.05) is 18.0 Å². The fourth-order valence-corrected chi connectivity index (χ4v) is 3.22. The lowest BCUT2D eigenvalue weighted by Crippen LogP contribution is -2.23. The van der Waals surface area contributed by atoms with E-state index in [1.165, 1.54) is 6.07 Å². The third kappa shape index (κ3) is 4.51. The van der Waals surface area contributed by atoms with Crippen LogP contribution in [-0.2, 0) is 4.79 Å². The number of aromatic nitrogens is 2. The molecule has 27 heavy (non-hydrogen) atoms. The fraction of sp³-hybridized carbons (Fsp3) is 0.211. The number of hydrogen-bond donors (Lipinski definition) is 2. The van der Waals surface area contributed by atoms with Crippen LogP contribution in [0, 0.1) is 11.6 Å². The third-order valence-electron chi connectivity index (χ3n) is 3.77. The summed E-state index contributed by atoms with van der Waals surface area (Å²) in [6.45, 7) is 4.34. The summed E-state index contributed by atoms with van der Waals surface area (Å²) >= 11 is 1.16. The van der Waals surface area contributed by atoms with Crippen LogP contribution in [-0.4, -0.2) is 27.7 Å². The Morgan fingerprint density at radius 2 is 1.96 bits per heavy atom. The van der Waals surface area contributed by atoms with E-state index in [9.17, 15) is 13.6 Å². The molecule has 1 heterocycles. The molecule has 0 aliphatic heterocycles. The van der Waals surface area contributed by atoms with Gasteiger partial charge in [-0.2, -0.15) is 0 Å². The van der Waals surface area contributed by atoms with E-state index in [1.54, 1.807) is 6.92 Å². The molecule has 1 amide bonds. The molecule has 0 fully saturated rings.